The number of anilines is 1. The number of carbonyl (C=O) groups excluding carboxylic acids is 1. The van der Waals surface area contributed by atoms with Crippen molar-refractivity contribution in [3.05, 3.63) is 48.5 Å². The van der Waals surface area contributed by atoms with Gasteiger partial charge in [0.2, 0.25) is 5.91 Å². The van der Waals surface area contributed by atoms with E-state index in [0.717, 1.165) is 24.9 Å². The molecule has 3 rings (SSSR count). The van der Waals surface area contributed by atoms with E-state index < -0.39 is 0 Å². The first kappa shape index (κ1) is 17.3. The fourth-order valence-corrected chi connectivity index (χ4v) is 3.34. The van der Waals surface area contributed by atoms with Crippen LogP contribution in [0.4, 0.5) is 5.69 Å². The molecular formula is C20H24N2O3. The molecule has 3 N–H and O–H groups in total. The Balaban J connectivity index is 1.63. The van der Waals surface area contributed by atoms with Gasteiger partial charge in [0.05, 0.1) is 7.11 Å². The van der Waals surface area contributed by atoms with Crippen LogP contribution < -0.4 is 20.5 Å². The molecule has 5 heteroatoms. The average molecular weight is 340 g/mol. The summed E-state index contributed by atoms with van der Waals surface area (Å²) in [6.07, 6.45) is 3.04. The third kappa shape index (κ3) is 4.12. The van der Waals surface area contributed by atoms with Gasteiger partial charge in [-0.15, -0.1) is 0 Å². The Morgan fingerprint density at radius 3 is 2.52 bits per heavy atom. The van der Waals surface area contributed by atoms with Crippen molar-refractivity contribution in [3.63, 3.8) is 0 Å². The van der Waals surface area contributed by atoms with Crippen LogP contribution in [0, 0.1) is 11.8 Å². The largest absolute Gasteiger partial charge is 0.493 e. The molecule has 25 heavy (non-hydrogen) atoms. The second-order valence-corrected chi connectivity index (χ2v) is 6.30. The lowest BCUT2D eigenvalue weighted by molar-refractivity contribution is -0.120. The molecule has 1 fully saturated rings. The maximum absolute atomic E-state index is 12.4. The summed E-state index contributed by atoms with van der Waals surface area (Å²) in [5.41, 5.74) is 6.53. The molecule has 132 valence electrons. The van der Waals surface area contributed by atoms with Crippen molar-refractivity contribution in [1.82, 2.24) is 0 Å². The minimum Gasteiger partial charge on any atom is -0.493 e. The summed E-state index contributed by atoms with van der Waals surface area (Å²) in [5.74, 6) is 2.39. The normalized spacial score (nSPS) is 19.4. The molecule has 0 heterocycles. The van der Waals surface area contributed by atoms with Gasteiger partial charge in [0.15, 0.2) is 11.5 Å². The van der Waals surface area contributed by atoms with Gasteiger partial charge in [0.1, 0.15) is 5.75 Å². The summed E-state index contributed by atoms with van der Waals surface area (Å²) in [6.45, 7) is 0.573. The van der Waals surface area contributed by atoms with Crippen LogP contribution in [0.25, 0.3) is 0 Å². The van der Waals surface area contributed by atoms with E-state index in [1.807, 2.05) is 48.5 Å². The molecule has 1 amide bonds. The first-order chi connectivity index (χ1) is 12.2. The average Bonchev–Trinajstić information content (AvgIpc) is 3.13. The molecule has 5 nitrogen and oxygen atoms in total. The predicted molar refractivity (Wildman–Crippen MR) is 98.0 cm³/mol. The van der Waals surface area contributed by atoms with Gasteiger partial charge in [-0.1, -0.05) is 18.6 Å². The Bertz CT molecular complexity index is 715. The number of rotatable bonds is 6. The van der Waals surface area contributed by atoms with E-state index in [1.165, 1.54) is 0 Å². The van der Waals surface area contributed by atoms with Crippen LogP contribution >= 0.6 is 0 Å². The number of benzene rings is 2. The van der Waals surface area contributed by atoms with Crippen molar-refractivity contribution in [1.29, 1.82) is 0 Å². The summed E-state index contributed by atoms with van der Waals surface area (Å²) in [5, 5.41) is 2.99. The van der Waals surface area contributed by atoms with Gasteiger partial charge in [0, 0.05) is 11.6 Å². The molecule has 0 unspecified atom stereocenters. The molecule has 2 aromatic carbocycles. The van der Waals surface area contributed by atoms with Crippen molar-refractivity contribution < 1.29 is 14.3 Å². The van der Waals surface area contributed by atoms with E-state index in [0.29, 0.717) is 29.7 Å². The van der Waals surface area contributed by atoms with Crippen LogP contribution in [-0.2, 0) is 4.79 Å². The summed E-state index contributed by atoms with van der Waals surface area (Å²) in [6, 6.07) is 14.8. The maximum Gasteiger partial charge on any atom is 0.227 e. The minimum atomic E-state index is 0.0227. The summed E-state index contributed by atoms with van der Waals surface area (Å²) < 4.78 is 11.1. The standard InChI is InChI=1S/C20H24N2O3/c1-24-18-7-2-3-8-19(18)25-16-11-9-15(10-12-16)22-20(23)17-6-4-5-14(17)13-21/h2-3,7-12,14,17H,4-6,13,21H2,1H3,(H,22,23)/t14-,17-/m1/s1. The van der Waals surface area contributed by atoms with Gasteiger partial charge in [-0.25, -0.2) is 0 Å². The number of amides is 1. The highest BCUT2D eigenvalue weighted by Crippen LogP contribution is 2.33. The van der Waals surface area contributed by atoms with Gasteiger partial charge < -0.3 is 20.5 Å². The van der Waals surface area contributed by atoms with E-state index in [1.54, 1.807) is 7.11 Å². The molecule has 0 radical (unpaired) electrons. The Morgan fingerprint density at radius 2 is 1.84 bits per heavy atom. The Morgan fingerprint density at radius 1 is 1.12 bits per heavy atom. The SMILES string of the molecule is COc1ccccc1Oc1ccc(NC(=O)[C@@H]2CCC[C@@H]2CN)cc1. The summed E-state index contributed by atoms with van der Waals surface area (Å²) in [4.78, 5) is 12.4. The number of methoxy groups -OCH3 is 1. The number of nitrogens with two attached hydrogens (primary N) is 1. The van der Waals surface area contributed by atoms with Crippen LogP contribution in [0.5, 0.6) is 17.2 Å². The number of hydrogen-bond acceptors (Lipinski definition) is 4. The highest BCUT2D eigenvalue weighted by molar-refractivity contribution is 5.93. The molecule has 2 atom stereocenters. The number of hydrogen-bond donors (Lipinski definition) is 2. The second kappa shape index (κ2) is 8.03. The zero-order valence-corrected chi connectivity index (χ0v) is 14.4. The van der Waals surface area contributed by atoms with Crippen molar-refractivity contribution in [2.75, 3.05) is 19.0 Å². The first-order valence-corrected chi connectivity index (χ1v) is 8.63. The van der Waals surface area contributed by atoms with Gasteiger partial charge in [-0.2, -0.15) is 0 Å². The van der Waals surface area contributed by atoms with Gasteiger partial charge in [-0.05, 0) is 61.7 Å². The number of nitrogens with one attached hydrogen (secondary N) is 1. The molecule has 0 bridgehead atoms. The van der Waals surface area contributed by atoms with Crippen LogP contribution in [0.2, 0.25) is 0 Å². The van der Waals surface area contributed by atoms with Crippen molar-refractivity contribution in [3.8, 4) is 17.2 Å². The summed E-state index contributed by atoms with van der Waals surface area (Å²) >= 11 is 0. The van der Waals surface area contributed by atoms with Gasteiger partial charge in [0.25, 0.3) is 0 Å². The molecule has 2 aromatic rings. The van der Waals surface area contributed by atoms with Crippen LogP contribution in [-0.4, -0.2) is 19.6 Å². The van der Waals surface area contributed by atoms with Crippen molar-refractivity contribution in [2.24, 2.45) is 17.6 Å². The Labute approximate surface area is 148 Å². The second-order valence-electron chi connectivity index (χ2n) is 6.30. The molecule has 0 aromatic heterocycles. The monoisotopic (exact) mass is 340 g/mol. The van der Waals surface area contributed by atoms with Gasteiger partial charge in [-0.3, -0.25) is 4.79 Å². The first-order valence-electron chi connectivity index (χ1n) is 8.63. The Hall–Kier alpha value is -2.53. The van der Waals surface area contributed by atoms with Crippen molar-refractivity contribution in [2.45, 2.75) is 19.3 Å². The van der Waals surface area contributed by atoms with E-state index in [9.17, 15) is 4.79 Å². The van der Waals surface area contributed by atoms with E-state index >= 15 is 0 Å². The zero-order valence-electron chi connectivity index (χ0n) is 14.4. The lowest BCUT2D eigenvalue weighted by Crippen LogP contribution is -2.29. The third-order valence-electron chi connectivity index (χ3n) is 4.72. The highest BCUT2D eigenvalue weighted by Gasteiger charge is 2.31. The van der Waals surface area contributed by atoms with Gasteiger partial charge >= 0.3 is 0 Å². The quantitative estimate of drug-likeness (QED) is 0.839. The molecule has 1 aliphatic rings. The molecule has 0 aliphatic heterocycles. The Kier molecular flexibility index (Phi) is 5.56. The number of ether oxygens (including phenoxy) is 2. The number of carbonyl (C=O) groups is 1. The molecular weight excluding hydrogens is 316 g/mol. The van der Waals surface area contributed by atoms with E-state index in [-0.39, 0.29) is 11.8 Å². The smallest absolute Gasteiger partial charge is 0.227 e. The molecule has 0 spiro atoms. The van der Waals surface area contributed by atoms with Crippen molar-refractivity contribution >= 4 is 11.6 Å². The maximum atomic E-state index is 12.4. The highest BCUT2D eigenvalue weighted by atomic mass is 16.5. The van der Waals surface area contributed by atoms with E-state index in [4.69, 9.17) is 15.2 Å². The molecule has 1 saturated carbocycles. The zero-order chi connectivity index (χ0) is 17.6. The van der Waals surface area contributed by atoms with E-state index in [2.05, 4.69) is 5.32 Å². The fourth-order valence-electron chi connectivity index (χ4n) is 3.34. The molecule has 1 aliphatic carbocycles. The van der Waals surface area contributed by atoms with Crippen LogP contribution in [0.1, 0.15) is 19.3 Å². The predicted octanol–water partition coefficient (Wildman–Crippen LogP) is 3.80. The topological polar surface area (TPSA) is 73.6 Å². The summed E-state index contributed by atoms with van der Waals surface area (Å²) in [7, 11) is 1.61. The lowest BCUT2D eigenvalue weighted by atomic mass is 9.95. The van der Waals surface area contributed by atoms with Crippen LogP contribution in [0.3, 0.4) is 0 Å². The number of para-hydroxylation sites is 2. The van der Waals surface area contributed by atoms with Crippen LogP contribution in [0.15, 0.2) is 48.5 Å². The third-order valence-corrected chi connectivity index (χ3v) is 4.72. The minimum absolute atomic E-state index is 0.0227. The molecule has 0 saturated heterocycles. The fraction of sp³-hybridized carbons (Fsp3) is 0.350. The lowest BCUT2D eigenvalue weighted by Gasteiger charge is -2.17.